The Morgan fingerprint density at radius 3 is 2.52 bits per heavy atom. The van der Waals surface area contributed by atoms with Crippen molar-refractivity contribution in [3.63, 3.8) is 0 Å². The van der Waals surface area contributed by atoms with Crippen LogP contribution < -0.4 is 4.72 Å². The third-order valence-electron chi connectivity index (χ3n) is 3.61. The van der Waals surface area contributed by atoms with E-state index >= 15 is 0 Å². The van der Waals surface area contributed by atoms with Crippen LogP contribution in [-0.2, 0) is 16.6 Å². The second-order valence-electron chi connectivity index (χ2n) is 5.40. The molecule has 0 fully saturated rings. The average Bonchev–Trinajstić information content (AvgIpc) is 3.09. The molecule has 1 atom stereocenters. The lowest BCUT2D eigenvalue weighted by Gasteiger charge is -2.08. The largest absolute Gasteiger partial charge is 0.383 e. The van der Waals surface area contributed by atoms with E-state index < -0.39 is 21.9 Å². The van der Waals surface area contributed by atoms with E-state index in [2.05, 4.69) is 4.72 Å². The predicted molar refractivity (Wildman–Crippen MR) is 95.2 cm³/mol. The summed E-state index contributed by atoms with van der Waals surface area (Å²) in [6.45, 7) is 0.0744. The van der Waals surface area contributed by atoms with Gasteiger partial charge in [0.2, 0.25) is 10.0 Å². The van der Waals surface area contributed by atoms with Crippen LogP contribution in [0.5, 0.6) is 0 Å². The third kappa shape index (κ3) is 4.32. The topological polar surface area (TPSA) is 66.4 Å². The van der Waals surface area contributed by atoms with Gasteiger partial charge in [-0.3, -0.25) is 0 Å². The Morgan fingerprint density at radius 1 is 1.04 bits per heavy atom. The molecule has 0 spiro atoms. The Bertz CT molecular complexity index is 955. The zero-order valence-electron chi connectivity index (χ0n) is 13.1. The van der Waals surface area contributed by atoms with Crippen LogP contribution in [-0.4, -0.2) is 13.5 Å². The fraction of sp³-hybridized carbons (Fsp3) is 0.111. The molecule has 0 aliphatic carbocycles. The van der Waals surface area contributed by atoms with Gasteiger partial charge in [0.1, 0.15) is 11.9 Å². The van der Waals surface area contributed by atoms with E-state index in [0.29, 0.717) is 0 Å². The zero-order chi connectivity index (χ0) is 17.9. The smallest absolute Gasteiger partial charge is 0.240 e. The van der Waals surface area contributed by atoms with E-state index in [9.17, 15) is 17.9 Å². The molecular weight excluding hydrogens is 361 g/mol. The summed E-state index contributed by atoms with van der Waals surface area (Å²) in [6.07, 6.45) is -0.750. The normalized spacial score (nSPS) is 12.9. The van der Waals surface area contributed by atoms with Crippen molar-refractivity contribution in [3.05, 3.63) is 87.9 Å². The Hall–Kier alpha value is -2.06. The minimum Gasteiger partial charge on any atom is -0.383 e. The predicted octanol–water partition coefficient (Wildman–Crippen LogP) is 3.45. The number of sulfonamides is 1. The number of hydrogen-bond acceptors (Lipinski definition) is 4. The molecule has 0 saturated heterocycles. The summed E-state index contributed by atoms with van der Waals surface area (Å²) < 4.78 is 40.0. The SMILES string of the molecule is O=S(=O)(NCc1ccc(C(O)c2ccccc2)s1)c1cccc(F)c1. The second kappa shape index (κ2) is 7.45. The molecule has 1 unspecified atom stereocenters. The zero-order valence-corrected chi connectivity index (χ0v) is 14.7. The van der Waals surface area contributed by atoms with Gasteiger partial charge in [-0.15, -0.1) is 11.3 Å². The maximum atomic E-state index is 13.2. The minimum atomic E-state index is -3.79. The van der Waals surface area contributed by atoms with Gasteiger partial charge >= 0.3 is 0 Å². The molecule has 1 aromatic heterocycles. The molecule has 2 N–H and O–H groups in total. The van der Waals surface area contributed by atoms with Crippen molar-refractivity contribution >= 4 is 21.4 Å². The maximum Gasteiger partial charge on any atom is 0.240 e. The van der Waals surface area contributed by atoms with E-state index in [1.165, 1.54) is 29.5 Å². The molecule has 1 heterocycles. The molecule has 3 aromatic rings. The van der Waals surface area contributed by atoms with Crippen LogP contribution in [0.2, 0.25) is 0 Å². The highest BCUT2D eigenvalue weighted by Crippen LogP contribution is 2.28. The van der Waals surface area contributed by atoms with E-state index in [-0.39, 0.29) is 11.4 Å². The summed E-state index contributed by atoms with van der Waals surface area (Å²) in [7, 11) is -3.79. The van der Waals surface area contributed by atoms with E-state index in [1.807, 2.05) is 30.3 Å². The Kier molecular flexibility index (Phi) is 5.29. The first-order valence-corrected chi connectivity index (χ1v) is 9.82. The average molecular weight is 377 g/mol. The maximum absolute atomic E-state index is 13.2. The van der Waals surface area contributed by atoms with E-state index in [0.717, 1.165) is 21.4 Å². The first-order valence-electron chi connectivity index (χ1n) is 7.52. The quantitative estimate of drug-likeness (QED) is 0.691. The lowest BCUT2D eigenvalue weighted by molar-refractivity contribution is 0.224. The van der Waals surface area contributed by atoms with Crippen LogP contribution >= 0.6 is 11.3 Å². The van der Waals surface area contributed by atoms with Crippen LogP contribution in [0.15, 0.2) is 71.6 Å². The third-order valence-corrected chi connectivity index (χ3v) is 6.15. The summed E-state index contributed by atoms with van der Waals surface area (Å²) >= 11 is 1.32. The Balaban J connectivity index is 1.70. The highest BCUT2D eigenvalue weighted by Gasteiger charge is 2.16. The van der Waals surface area contributed by atoms with Crippen molar-refractivity contribution in [2.45, 2.75) is 17.5 Å². The molecule has 0 amide bonds. The fourth-order valence-electron chi connectivity index (χ4n) is 2.32. The van der Waals surface area contributed by atoms with Crippen LogP contribution in [0, 0.1) is 5.82 Å². The van der Waals surface area contributed by atoms with Crippen LogP contribution in [0.25, 0.3) is 0 Å². The first-order chi connectivity index (χ1) is 12.0. The molecule has 4 nitrogen and oxygen atoms in total. The van der Waals surface area contributed by atoms with Crippen molar-refractivity contribution in [1.82, 2.24) is 4.72 Å². The molecule has 2 aromatic carbocycles. The van der Waals surface area contributed by atoms with Gasteiger partial charge in [0.05, 0.1) is 4.90 Å². The summed E-state index contributed by atoms with van der Waals surface area (Å²) in [5, 5.41) is 10.4. The molecule has 0 radical (unpaired) electrons. The second-order valence-corrected chi connectivity index (χ2v) is 8.37. The van der Waals surface area contributed by atoms with Gasteiger partial charge in [-0.05, 0) is 35.9 Å². The number of hydrogen-bond donors (Lipinski definition) is 2. The molecular formula is C18H16FNO3S2. The number of nitrogens with one attached hydrogen (secondary N) is 1. The van der Waals surface area contributed by atoms with Gasteiger partial charge in [0, 0.05) is 16.3 Å². The van der Waals surface area contributed by atoms with Crippen molar-refractivity contribution < 1.29 is 17.9 Å². The van der Waals surface area contributed by atoms with E-state index in [1.54, 1.807) is 12.1 Å². The number of aliphatic hydroxyl groups excluding tert-OH is 1. The number of aliphatic hydroxyl groups is 1. The number of rotatable bonds is 6. The fourth-order valence-corrected chi connectivity index (χ4v) is 4.42. The van der Waals surface area contributed by atoms with Gasteiger partial charge in [-0.25, -0.2) is 17.5 Å². The highest BCUT2D eigenvalue weighted by atomic mass is 32.2. The molecule has 0 bridgehead atoms. The molecule has 7 heteroatoms. The van der Waals surface area contributed by atoms with Crippen molar-refractivity contribution in [2.24, 2.45) is 0 Å². The minimum absolute atomic E-state index is 0.0744. The molecule has 130 valence electrons. The molecule has 0 saturated carbocycles. The number of halogens is 1. The van der Waals surface area contributed by atoms with Gasteiger partial charge in [0.15, 0.2) is 0 Å². The molecule has 3 rings (SSSR count). The van der Waals surface area contributed by atoms with Crippen LogP contribution in [0.1, 0.15) is 21.4 Å². The van der Waals surface area contributed by atoms with Gasteiger partial charge < -0.3 is 5.11 Å². The summed E-state index contributed by atoms with van der Waals surface area (Å²) in [5.41, 5.74) is 0.774. The van der Waals surface area contributed by atoms with Crippen LogP contribution in [0.4, 0.5) is 4.39 Å². The van der Waals surface area contributed by atoms with Crippen molar-refractivity contribution in [1.29, 1.82) is 0 Å². The van der Waals surface area contributed by atoms with Crippen molar-refractivity contribution in [3.8, 4) is 0 Å². The lowest BCUT2D eigenvalue weighted by atomic mass is 10.1. The monoisotopic (exact) mass is 377 g/mol. The van der Waals surface area contributed by atoms with Gasteiger partial charge in [0.25, 0.3) is 0 Å². The first kappa shape index (κ1) is 17.8. The number of benzene rings is 2. The highest BCUT2D eigenvalue weighted by molar-refractivity contribution is 7.89. The molecule has 0 aliphatic rings. The van der Waals surface area contributed by atoms with Gasteiger partial charge in [-0.1, -0.05) is 36.4 Å². The number of thiophene rings is 1. The summed E-state index contributed by atoms with van der Waals surface area (Å²) in [5.74, 6) is -0.604. The summed E-state index contributed by atoms with van der Waals surface area (Å²) in [4.78, 5) is 1.37. The Morgan fingerprint density at radius 2 is 1.80 bits per heavy atom. The van der Waals surface area contributed by atoms with Crippen LogP contribution in [0.3, 0.4) is 0 Å². The standard InChI is InChI=1S/C18H16FNO3S2/c19-14-7-4-8-16(11-14)25(22,23)20-12-15-9-10-17(24-15)18(21)13-5-2-1-3-6-13/h1-11,18,20-21H,12H2. The molecule has 0 aliphatic heterocycles. The molecule has 25 heavy (non-hydrogen) atoms. The van der Waals surface area contributed by atoms with E-state index in [4.69, 9.17) is 0 Å². The van der Waals surface area contributed by atoms with Crippen molar-refractivity contribution in [2.75, 3.05) is 0 Å². The lowest BCUT2D eigenvalue weighted by Crippen LogP contribution is -2.22. The van der Waals surface area contributed by atoms with Gasteiger partial charge in [-0.2, -0.15) is 0 Å². The Labute approximate surface area is 149 Å². The summed E-state index contributed by atoms with van der Waals surface area (Å²) in [6, 6.07) is 17.6.